The van der Waals surface area contributed by atoms with E-state index in [0.717, 1.165) is 35.1 Å². The van der Waals surface area contributed by atoms with Crippen LogP contribution in [0.25, 0.3) is 11.0 Å². The Balaban J connectivity index is 2.05. The third-order valence-electron chi connectivity index (χ3n) is 3.28. The van der Waals surface area contributed by atoms with Crippen molar-refractivity contribution < 1.29 is 4.79 Å². The van der Waals surface area contributed by atoms with Gasteiger partial charge in [0.1, 0.15) is 17.8 Å². The normalized spacial score (nSPS) is 15.2. The van der Waals surface area contributed by atoms with Gasteiger partial charge >= 0.3 is 0 Å². The second-order valence-electron chi connectivity index (χ2n) is 4.58. The van der Waals surface area contributed by atoms with Crippen molar-refractivity contribution in [2.75, 3.05) is 5.32 Å². The van der Waals surface area contributed by atoms with Crippen LogP contribution in [0.1, 0.15) is 24.1 Å². The summed E-state index contributed by atoms with van der Waals surface area (Å²) in [5.41, 5.74) is 2.93. The van der Waals surface area contributed by atoms with Crippen molar-refractivity contribution in [2.45, 2.75) is 26.7 Å². The number of H-pyrrole nitrogens is 1. The minimum absolute atomic E-state index is 0.0725. The Labute approximate surface area is 98.7 Å². The Hall–Kier alpha value is -1.91. The highest BCUT2D eigenvalue weighted by atomic mass is 16.2. The van der Waals surface area contributed by atoms with Crippen molar-refractivity contribution in [1.82, 2.24) is 15.0 Å². The molecule has 3 rings (SSSR count). The van der Waals surface area contributed by atoms with Gasteiger partial charge in [0, 0.05) is 11.6 Å². The van der Waals surface area contributed by atoms with E-state index in [4.69, 9.17) is 0 Å². The first-order valence-electron chi connectivity index (χ1n) is 5.77. The summed E-state index contributed by atoms with van der Waals surface area (Å²) in [7, 11) is 0. The van der Waals surface area contributed by atoms with Crippen molar-refractivity contribution in [1.29, 1.82) is 0 Å². The highest BCUT2D eigenvalue weighted by molar-refractivity contribution is 6.01. The molecule has 1 saturated carbocycles. The van der Waals surface area contributed by atoms with Gasteiger partial charge in [-0.3, -0.25) is 4.79 Å². The van der Waals surface area contributed by atoms with Gasteiger partial charge in [-0.1, -0.05) is 0 Å². The molecule has 2 aromatic heterocycles. The summed E-state index contributed by atoms with van der Waals surface area (Å²) in [6, 6.07) is 0. The number of fused-ring (bicyclic) bond motifs is 1. The van der Waals surface area contributed by atoms with Gasteiger partial charge in [0.25, 0.3) is 0 Å². The molecule has 88 valence electrons. The van der Waals surface area contributed by atoms with Gasteiger partial charge in [0.2, 0.25) is 5.91 Å². The van der Waals surface area contributed by atoms with Crippen LogP contribution < -0.4 is 5.32 Å². The summed E-state index contributed by atoms with van der Waals surface area (Å²) in [6.45, 7) is 3.99. The van der Waals surface area contributed by atoms with Gasteiger partial charge in [0.05, 0.1) is 5.39 Å². The number of aromatic nitrogens is 3. The largest absolute Gasteiger partial charge is 0.343 e. The highest BCUT2D eigenvalue weighted by Crippen LogP contribution is 2.31. The fourth-order valence-electron chi connectivity index (χ4n) is 1.95. The van der Waals surface area contributed by atoms with E-state index in [0.29, 0.717) is 5.82 Å². The summed E-state index contributed by atoms with van der Waals surface area (Å²) in [5, 5.41) is 3.81. The van der Waals surface area contributed by atoms with Crippen molar-refractivity contribution in [3.63, 3.8) is 0 Å². The average Bonchev–Trinajstić information content (AvgIpc) is 3.08. The molecule has 5 nitrogen and oxygen atoms in total. The SMILES string of the molecule is Cc1[nH]c2ncnc(NC(=O)C3CC3)c2c1C. The first kappa shape index (κ1) is 10.3. The molecule has 0 unspecified atom stereocenters. The Morgan fingerprint density at radius 1 is 1.41 bits per heavy atom. The van der Waals surface area contributed by atoms with Crippen LogP contribution in [0.3, 0.4) is 0 Å². The minimum atomic E-state index is 0.0725. The molecule has 0 spiro atoms. The van der Waals surface area contributed by atoms with Crippen molar-refractivity contribution in [3.05, 3.63) is 17.6 Å². The van der Waals surface area contributed by atoms with Gasteiger partial charge in [-0.15, -0.1) is 0 Å². The van der Waals surface area contributed by atoms with Crippen molar-refractivity contribution in [2.24, 2.45) is 5.92 Å². The number of carbonyl (C=O) groups excluding carboxylic acids is 1. The molecule has 17 heavy (non-hydrogen) atoms. The van der Waals surface area contributed by atoms with Crippen molar-refractivity contribution >= 4 is 22.8 Å². The average molecular weight is 230 g/mol. The molecule has 1 amide bonds. The second kappa shape index (κ2) is 3.55. The van der Waals surface area contributed by atoms with Gasteiger partial charge in [-0.2, -0.15) is 0 Å². The Morgan fingerprint density at radius 3 is 2.88 bits per heavy atom. The summed E-state index contributed by atoms with van der Waals surface area (Å²) in [5.74, 6) is 0.873. The summed E-state index contributed by atoms with van der Waals surface area (Å²) in [6.07, 6.45) is 3.45. The van der Waals surface area contributed by atoms with Crippen LogP contribution in [0.5, 0.6) is 0 Å². The number of anilines is 1. The number of rotatable bonds is 2. The number of hydrogen-bond donors (Lipinski definition) is 2. The standard InChI is InChI=1S/C12H14N4O/c1-6-7(2)15-10-9(6)11(14-5-13-10)16-12(17)8-3-4-8/h5,8H,3-4H2,1-2H3,(H2,13,14,15,16,17). The highest BCUT2D eigenvalue weighted by Gasteiger charge is 2.30. The second-order valence-corrected chi connectivity index (χ2v) is 4.58. The van der Waals surface area contributed by atoms with Gasteiger partial charge in [-0.05, 0) is 32.3 Å². The van der Waals surface area contributed by atoms with Crippen LogP contribution >= 0.6 is 0 Å². The quantitative estimate of drug-likeness (QED) is 0.828. The Bertz CT molecular complexity index is 598. The number of aryl methyl sites for hydroxylation is 2. The molecule has 0 saturated heterocycles. The fourth-order valence-corrected chi connectivity index (χ4v) is 1.95. The lowest BCUT2D eigenvalue weighted by Crippen LogP contribution is -2.14. The van der Waals surface area contributed by atoms with E-state index in [2.05, 4.69) is 20.3 Å². The predicted molar refractivity (Wildman–Crippen MR) is 64.7 cm³/mol. The molecule has 0 atom stereocenters. The predicted octanol–water partition coefficient (Wildman–Crippen LogP) is 1.92. The monoisotopic (exact) mass is 230 g/mol. The van der Waals surface area contributed by atoms with E-state index < -0.39 is 0 Å². The molecule has 5 heteroatoms. The lowest BCUT2D eigenvalue weighted by atomic mass is 10.2. The van der Waals surface area contributed by atoms with Crippen LogP contribution in [-0.4, -0.2) is 20.9 Å². The third kappa shape index (κ3) is 1.67. The molecular formula is C12H14N4O. The number of hydrogen-bond acceptors (Lipinski definition) is 3. The van der Waals surface area contributed by atoms with E-state index in [-0.39, 0.29) is 11.8 Å². The van der Waals surface area contributed by atoms with Gasteiger partial charge < -0.3 is 10.3 Å². The number of carbonyl (C=O) groups is 1. The van der Waals surface area contributed by atoms with Crippen molar-refractivity contribution in [3.8, 4) is 0 Å². The van der Waals surface area contributed by atoms with Gasteiger partial charge in [-0.25, -0.2) is 9.97 Å². The van der Waals surface area contributed by atoms with Crippen LogP contribution in [0.4, 0.5) is 5.82 Å². The Kier molecular flexibility index (Phi) is 2.14. The summed E-state index contributed by atoms with van der Waals surface area (Å²) in [4.78, 5) is 23.3. The third-order valence-corrected chi connectivity index (χ3v) is 3.28. The van der Waals surface area contributed by atoms with E-state index in [9.17, 15) is 4.79 Å². The van der Waals surface area contributed by atoms with Crippen LogP contribution in [0.15, 0.2) is 6.33 Å². The molecule has 1 fully saturated rings. The molecule has 2 N–H and O–H groups in total. The maximum absolute atomic E-state index is 11.8. The first-order valence-corrected chi connectivity index (χ1v) is 5.77. The van der Waals surface area contributed by atoms with E-state index >= 15 is 0 Å². The number of nitrogens with one attached hydrogen (secondary N) is 2. The molecule has 0 radical (unpaired) electrons. The van der Waals surface area contributed by atoms with E-state index in [1.54, 1.807) is 0 Å². The zero-order chi connectivity index (χ0) is 12.0. The maximum atomic E-state index is 11.8. The molecule has 2 aromatic rings. The van der Waals surface area contributed by atoms with E-state index in [1.165, 1.54) is 6.33 Å². The molecule has 2 heterocycles. The lowest BCUT2D eigenvalue weighted by Gasteiger charge is -2.04. The van der Waals surface area contributed by atoms with Crippen LogP contribution in [-0.2, 0) is 4.79 Å². The number of amides is 1. The molecular weight excluding hydrogens is 216 g/mol. The fraction of sp³-hybridized carbons (Fsp3) is 0.417. The minimum Gasteiger partial charge on any atom is -0.343 e. The zero-order valence-corrected chi connectivity index (χ0v) is 9.87. The Morgan fingerprint density at radius 2 is 2.18 bits per heavy atom. The molecule has 0 aromatic carbocycles. The topological polar surface area (TPSA) is 70.7 Å². The smallest absolute Gasteiger partial charge is 0.228 e. The molecule has 1 aliphatic rings. The molecule has 0 bridgehead atoms. The lowest BCUT2D eigenvalue weighted by molar-refractivity contribution is -0.117. The number of nitrogens with zero attached hydrogens (tertiary/aromatic N) is 2. The first-order chi connectivity index (χ1) is 8.16. The zero-order valence-electron chi connectivity index (χ0n) is 9.87. The van der Waals surface area contributed by atoms with Gasteiger partial charge in [0.15, 0.2) is 0 Å². The van der Waals surface area contributed by atoms with Crippen LogP contribution in [0, 0.1) is 19.8 Å². The number of aromatic amines is 1. The molecule has 1 aliphatic carbocycles. The maximum Gasteiger partial charge on any atom is 0.228 e. The molecule has 0 aliphatic heterocycles. The summed E-state index contributed by atoms with van der Waals surface area (Å²) >= 11 is 0. The summed E-state index contributed by atoms with van der Waals surface area (Å²) < 4.78 is 0. The van der Waals surface area contributed by atoms with E-state index in [1.807, 2.05) is 13.8 Å². The van der Waals surface area contributed by atoms with Crippen LogP contribution in [0.2, 0.25) is 0 Å².